The maximum Gasteiger partial charge on any atom is 0.240 e. The van der Waals surface area contributed by atoms with Gasteiger partial charge in [-0.1, -0.05) is 12.8 Å². The maximum atomic E-state index is 12.0. The van der Waals surface area contributed by atoms with Crippen LogP contribution in [-0.4, -0.2) is 30.9 Å². The third kappa shape index (κ3) is 1.76. The summed E-state index contributed by atoms with van der Waals surface area (Å²) in [5, 5.41) is 0. The van der Waals surface area contributed by atoms with Gasteiger partial charge in [-0.15, -0.1) is 0 Å². The zero-order valence-electron chi connectivity index (χ0n) is 9.46. The summed E-state index contributed by atoms with van der Waals surface area (Å²) in [7, 11) is 2.13. The van der Waals surface area contributed by atoms with Gasteiger partial charge in [0.1, 0.15) is 0 Å². The quantitative estimate of drug-likeness (QED) is 0.397. The van der Waals surface area contributed by atoms with E-state index in [1.54, 1.807) is 0 Å². The minimum atomic E-state index is -0.153. The molecule has 0 aromatic carbocycles. The van der Waals surface area contributed by atoms with Crippen molar-refractivity contribution in [3.63, 3.8) is 0 Å². The molecule has 15 heavy (non-hydrogen) atoms. The van der Waals surface area contributed by atoms with Crippen molar-refractivity contribution < 1.29 is 4.79 Å². The highest BCUT2D eigenvalue weighted by Gasteiger charge is 2.48. The van der Waals surface area contributed by atoms with Gasteiger partial charge in [-0.3, -0.25) is 10.2 Å². The lowest BCUT2D eigenvalue weighted by Gasteiger charge is -2.33. The molecule has 2 aliphatic rings. The molecule has 86 valence electrons. The van der Waals surface area contributed by atoms with E-state index >= 15 is 0 Å². The van der Waals surface area contributed by atoms with Crippen molar-refractivity contribution in [1.29, 1.82) is 0 Å². The molecule has 4 heteroatoms. The molecule has 1 heterocycles. The van der Waals surface area contributed by atoms with Crippen LogP contribution in [0.1, 0.15) is 32.1 Å². The molecule has 0 bridgehead atoms. The standard InChI is InChI=1S/C11H21N3O/c1-14-7-4-9(8-14)11(10(15)13-12)5-2-3-6-11/h9H,2-8,12H2,1H3,(H,13,15). The number of carbonyl (C=O) groups excluding carboxylic acids is 1. The number of likely N-dealkylation sites (tertiary alicyclic amines) is 1. The highest BCUT2D eigenvalue weighted by atomic mass is 16.2. The molecule has 1 saturated heterocycles. The number of rotatable bonds is 2. The second-order valence-electron chi connectivity index (χ2n) is 5.08. The molecular weight excluding hydrogens is 190 g/mol. The van der Waals surface area contributed by atoms with Crippen LogP contribution in [-0.2, 0) is 4.79 Å². The Labute approximate surface area is 91.2 Å². The van der Waals surface area contributed by atoms with Crippen LogP contribution in [0.3, 0.4) is 0 Å². The zero-order chi connectivity index (χ0) is 10.9. The Bertz CT molecular complexity index is 248. The number of carbonyl (C=O) groups is 1. The minimum Gasteiger partial charge on any atom is -0.306 e. The first-order valence-corrected chi connectivity index (χ1v) is 5.88. The molecule has 4 nitrogen and oxygen atoms in total. The van der Waals surface area contributed by atoms with Crippen molar-refractivity contribution in [1.82, 2.24) is 10.3 Å². The second-order valence-corrected chi connectivity index (χ2v) is 5.08. The molecule has 1 aliphatic heterocycles. The summed E-state index contributed by atoms with van der Waals surface area (Å²) in [6, 6.07) is 0. The number of hydrazine groups is 1. The average molecular weight is 211 g/mol. The zero-order valence-corrected chi connectivity index (χ0v) is 9.46. The van der Waals surface area contributed by atoms with Gasteiger partial charge in [0.05, 0.1) is 5.41 Å². The second kappa shape index (κ2) is 4.10. The molecule has 1 aliphatic carbocycles. The predicted octanol–water partition coefficient (Wildman–Crippen LogP) is 0.488. The van der Waals surface area contributed by atoms with E-state index in [0.29, 0.717) is 5.92 Å². The van der Waals surface area contributed by atoms with Crippen LogP contribution < -0.4 is 11.3 Å². The van der Waals surface area contributed by atoms with Crippen LogP contribution in [0.5, 0.6) is 0 Å². The van der Waals surface area contributed by atoms with E-state index in [1.807, 2.05) is 0 Å². The number of hydrogen-bond acceptors (Lipinski definition) is 3. The van der Waals surface area contributed by atoms with Crippen molar-refractivity contribution in [2.24, 2.45) is 17.2 Å². The molecule has 1 saturated carbocycles. The first kappa shape index (κ1) is 10.9. The van der Waals surface area contributed by atoms with Gasteiger partial charge in [0.25, 0.3) is 0 Å². The van der Waals surface area contributed by atoms with E-state index in [9.17, 15) is 4.79 Å². The van der Waals surface area contributed by atoms with Crippen LogP contribution in [0, 0.1) is 11.3 Å². The van der Waals surface area contributed by atoms with Crippen LogP contribution in [0.15, 0.2) is 0 Å². The average Bonchev–Trinajstić information content (AvgIpc) is 2.85. The fraction of sp³-hybridized carbons (Fsp3) is 0.909. The Morgan fingerprint density at radius 2 is 2.13 bits per heavy atom. The molecule has 0 radical (unpaired) electrons. The number of nitrogens with one attached hydrogen (secondary N) is 1. The Morgan fingerprint density at radius 3 is 2.60 bits per heavy atom. The summed E-state index contributed by atoms with van der Waals surface area (Å²) >= 11 is 0. The van der Waals surface area contributed by atoms with Crippen molar-refractivity contribution in [3.05, 3.63) is 0 Å². The highest BCUT2D eigenvalue weighted by Crippen LogP contribution is 2.47. The van der Waals surface area contributed by atoms with Gasteiger partial charge in [0.15, 0.2) is 0 Å². The molecule has 1 unspecified atom stereocenters. The molecule has 2 fully saturated rings. The lowest BCUT2D eigenvalue weighted by atomic mass is 9.72. The first-order valence-electron chi connectivity index (χ1n) is 5.88. The summed E-state index contributed by atoms with van der Waals surface area (Å²) in [6.45, 7) is 2.16. The molecule has 0 aromatic heterocycles. The fourth-order valence-electron chi connectivity index (χ4n) is 3.36. The van der Waals surface area contributed by atoms with E-state index < -0.39 is 0 Å². The van der Waals surface area contributed by atoms with Gasteiger partial charge in [-0.25, -0.2) is 5.84 Å². The van der Waals surface area contributed by atoms with Gasteiger partial charge < -0.3 is 4.90 Å². The number of amides is 1. The summed E-state index contributed by atoms with van der Waals surface area (Å²) < 4.78 is 0. The van der Waals surface area contributed by atoms with Gasteiger partial charge >= 0.3 is 0 Å². The summed E-state index contributed by atoms with van der Waals surface area (Å²) in [5.41, 5.74) is 2.23. The normalized spacial score (nSPS) is 30.7. The number of hydrogen-bond donors (Lipinski definition) is 2. The monoisotopic (exact) mass is 211 g/mol. The Balaban J connectivity index is 2.15. The lowest BCUT2D eigenvalue weighted by molar-refractivity contribution is -0.133. The summed E-state index contributed by atoms with van der Waals surface area (Å²) in [6.07, 6.45) is 5.54. The van der Waals surface area contributed by atoms with E-state index in [1.165, 1.54) is 12.8 Å². The topological polar surface area (TPSA) is 58.4 Å². The maximum absolute atomic E-state index is 12.0. The van der Waals surface area contributed by atoms with Crippen LogP contribution in [0.2, 0.25) is 0 Å². The molecule has 2 rings (SSSR count). The van der Waals surface area contributed by atoms with Crippen molar-refractivity contribution in [3.8, 4) is 0 Å². The molecule has 1 atom stereocenters. The van der Waals surface area contributed by atoms with E-state index in [2.05, 4.69) is 17.4 Å². The van der Waals surface area contributed by atoms with Crippen LogP contribution >= 0.6 is 0 Å². The molecular formula is C11H21N3O. The first-order chi connectivity index (χ1) is 7.19. The van der Waals surface area contributed by atoms with Gasteiger partial charge in [0.2, 0.25) is 5.91 Å². The Hall–Kier alpha value is -0.610. The van der Waals surface area contributed by atoms with Crippen molar-refractivity contribution >= 4 is 5.91 Å². The van der Waals surface area contributed by atoms with Crippen LogP contribution in [0.25, 0.3) is 0 Å². The van der Waals surface area contributed by atoms with Crippen molar-refractivity contribution in [2.75, 3.05) is 20.1 Å². The number of nitrogens with zero attached hydrogens (tertiary/aromatic N) is 1. The molecule has 0 aromatic rings. The Morgan fingerprint density at radius 1 is 1.47 bits per heavy atom. The summed E-state index contributed by atoms with van der Waals surface area (Å²) in [5.74, 6) is 5.90. The van der Waals surface area contributed by atoms with Gasteiger partial charge in [-0.2, -0.15) is 0 Å². The highest BCUT2D eigenvalue weighted by molar-refractivity contribution is 5.82. The van der Waals surface area contributed by atoms with Gasteiger partial charge in [0, 0.05) is 6.54 Å². The molecule has 0 spiro atoms. The SMILES string of the molecule is CN1CCC(C2(C(=O)NN)CCCC2)C1. The van der Waals surface area contributed by atoms with E-state index in [0.717, 1.165) is 32.4 Å². The minimum absolute atomic E-state index is 0.0697. The van der Waals surface area contributed by atoms with E-state index in [4.69, 9.17) is 5.84 Å². The Kier molecular flexibility index (Phi) is 2.98. The fourth-order valence-corrected chi connectivity index (χ4v) is 3.36. The largest absolute Gasteiger partial charge is 0.306 e. The molecule has 1 amide bonds. The van der Waals surface area contributed by atoms with E-state index in [-0.39, 0.29) is 11.3 Å². The lowest BCUT2D eigenvalue weighted by Crippen LogP contribution is -2.47. The molecule has 3 N–H and O–H groups in total. The predicted molar refractivity (Wildman–Crippen MR) is 58.8 cm³/mol. The smallest absolute Gasteiger partial charge is 0.240 e. The summed E-state index contributed by atoms with van der Waals surface area (Å²) in [4.78, 5) is 14.3. The van der Waals surface area contributed by atoms with Crippen LogP contribution in [0.4, 0.5) is 0 Å². The van der Waals surface area contributed by atoms with Gasteiger partial charge in [-0.05, 0) is 38.8 Å². The third-order valence-electron chi connectivity index (χ3n) is 4.25. The number of nitrogens with two attached hydrogens (primary N) is 1. The van der Waals surface area contributed by atoms with Crippen molar-refractivity contribution in [2.45, 2.75) is 32.1 Å². The third-order valence-corrected chi connectivity index (χ3v) is 4.25.